The summed E-state index contributed by atoms with van der Waals surface area (Å²) in [5.74, 6) is -0.342. The number of imidazole rings is 1. The Morgan fingerprint density at radius 2 is 2.41 bits per heavy atom. The smallest absolute Gasteiger partial charge is 0.349 e. The highest BCUT2D eigenvalue weighted by Crippen LogP contribution is 2.24. The van der Waals surface area contributed by atoms with Crippen LogP contribution < -0.4 is 0 Å². The third-order valence-corrected chi connectivity index (χ3v) is 3.34. The van der Waals surface area contributed by atoms with E-state index in [0.29, 0.717) is 4.88 Å². The topological polar surface area (TPSA) is 56.7 Å². The van der Waals surface area contributed by atoms with Crippen LogP contribution in [0.5, 0.6) is 0 Å². The van der Waals surface area contributed by atoms with Gasteiger partial charge in [-0.15, -0.1) is 0 Å². The van der Waals surface area contributed by atoms with Gasteiger partial charge in [0.05, 0.1) is 25.3 Å². The molecule has 0 bridgehead atoms. The highest BCUT2D eigenvalue weighted by molar-refractivity contribution is 7.18. The fourth-order valence-corrected chi connectivity index (χ4v) is 2.42. The predicted octanol–water partition coefficient (Wildman–Crippen LogP) is 2.44. The van der Waals surface area contributed by atoms with Crippen molar-refractivity contribution >= 4 is 22.3 Å². The van der Waals surface area contributed by atoms with Crippen LogP contribution in [0.3, 0.4) is 0 Å². The Morgan fingerprint density at radius 1 is 1.53 bits per heavy atom. The first-order chi connectivity index (χ1) is 8.28. The summed E-state index contributed by atoms with van der Waals surface area (Å²) in [7, 11) is 1.36. The van der Waals surface area contributed by atoms with Crippen LogP contribution in [0.1, 0.15) is 9.67 Å². The number of carbonyl (C=O) groups is 1. The lowest BCUT2D eigenvalue weighted by Crippen LogP contribution is -1.97. The summed E-state index contributed by atoms with van der Waals surface area (Å²) in [6.45, 7) is 0. The number of methoxy groups -OCH3 is 1. The van der Waals surface area contributed by atoms with Gasteiger partial charge in [0.15, 0.2) is 4.96 Å². The molecule has 3 rings (SSSR count). The molecule has 0 aliphatic carbocycles. The molecule has 0 amide bonds. The largest absolute Gasteiger partial charge is 0.472 e. The summed E-state index contributed by atoms with van der Waals surface area (Å²) in [5.41, 5.74) is 1.74. The maximum atomic E-state index is 11.3. The minimum absolute atomic E-state index is 0.342. The fraction of sp³-hybridized carbons (Fsp3) is 0.0909. The van der Waals surface area contributed by atoms with Crippen molar-refractivity contribution in [2.45, 2.75) is 0 Å². The number of fused-ring (bicyclic) bond motifs is 1. The van der Waals surface area contributed by atoms with Gasteiger partial charge in [-0.05, 0) is 6.07 Å². The van der Waals surface area contributed by atoms with Crippen LogP contribution in [0, 0.1) is 0 Å². The number of thiazole rings is 1. The number of aromatic nitrogens is 2. The van der Waals surface area contributed by atoms with E-state index in [1.165, 1.54) is 18.4 Å². The van der Waals surface area contributed by atoms with Crippen LogP contribution >= 0.6 is 11.3 Å². The first kappa shape index (κ1) is 10.1. The molecule has 0 aliphatic rings. The maximum Gasteiger partial charge on any atom is 0.349 e. The molecule has 0 radical (unpaired) electrons. The van der Waals surface area contributed by atoms with Gasteiger partial charge in [0.25, 0.3) is 0 Å². The summed E-state index contributed by atoms with van der Waals surface area (Å²) >= 11 is 1.29. The number of hydrogen-bond acceptors (Lipinski definition) is 5. The third-order valence-electron chi connectivity index (χ3n) is 2.36. The van der Waals surface area contributed by atoms with Crippen molar-refractivity contribution in [2.24, 2.45) is 0 Å². The molecule has 5 nitrogen and oxygen atoms in total. The number of nitrogens with zero attached hydrogens (tertiary/aromatic N) is 2. The molecule has 3 aromatic rings. The van der Waals surface area contributed by atoms with E-state index in [-0.39, 0.29) is 5.97 Å². The van der Waals surface area contributed by atoms with E-state index in [0.717, 1.165) is 16.2 Å². The monoisotopic (exact) mass is 248 g/mol. The van der Waals surface area contributed by atoms with Gasteiger partial charge in [0.1, 0.15) is 4.88 Å². The predicted molar refractivity (Wildman–Crippen MR) is 62.1 cm³/mol. The number of rotatable bonds is 2. The van der Waals surface area contributed by atoms with Crippen molar-refractivity contribution < 1.29 is 13.9 Å². The molecule has 17 heavy (non-hydrogen) atoms. The van der Waals surface area contributed by atoms with E-state index < -0.39 is 0 Å². The van der Waals surface area contributed by atoms with Crippen LogP contribution in [-0.2, 0) is 4.74 Å². The summed E-state index contributed by atoms with van der Waals surface area (Å²) in [6, 6.07) is 1.84. The Balaban J connectivity index is 2.05. The zero-order chi connectivity index (χ0) is 11.8. The summed E-state index contributed by atoms with van der Waals surface area (Å²) < 4.78 is 11.5. The lowest BCUT2D eigenvalue weighted by atomic mass is 10.3. The van der Waals surface area contributed by atoms with Crippen LogP contribution in [0.2, 0.25) is 0 Å². The van der Waals surface area contributed by atoms with E-state index in [4.69, 9.17) is 4.42 Å². The lowest BCUT2D eigenvalue weighted by molar-refractivity contribution is 0.0606. The van der Waals surface area contributed by atoms with Crippen molar-refractivity contribution in [1.82, 2.24) is 9.38 Å². The molecule has 6 heteroatoms. The lowest BCUT2D eigenvalue weighted by Gasteiger charge is -1.91. The van der Waals surface area contributed by atoms with Crippen molar-refractivity contribution in [3.63, 3.8) is 0 Å². The molecule has 0 saturated heterocycles. The van der Waals surface area contributed by atoms with Gasteiger partial charge < -0.3 is 9.15 Å². The normalized spacial score (nSPS) is 10.9. The summed E-state index contributed by atoms with van der Waals surface area (Å²) in [4.78, 5) is 17.0. The maximum absolute atomic E-state index is 11.3. The van der Waals surface area contributed by atoms with E-state index in [1.807, 2.05) is 12.3 Å². The average Bonchev–Trinajstić information content (AvgIpc) is 3.01. The molecular weight excluding hydrogens is 240 g/mol. The second-order valence-electron chi connectivity index (χ2n) is 3.42. The number of ether oxygens (including phenoxy) is 1. The molecule has 0 saturated carbocycles. The van der Waals surface area contributed by atoms with Gasteiger partial charge in [0.2, 0.25) is 0 Å². The van der Waals surface area contributed by atoms with Gasteiger partial charge in [0, 0.05) is 18.0 Å². The Labute approximate surface area is 100 Å². The SMILES string of the molecule is COC(=O)c1cn2cc(-c3ccoc3)nc2s1. The quantitative estimate of drug-likeness (QED) is 0.653. The third kappa shape index (κ3) is 1.62. The highest BCUT2D eigenvalue weighted by Gasteiger charge is 2.13. The summed E-state index contributed by atoms with van der Waals surface area (Å²) in [6.07, 6.45) is 6.79. The van der Waals surface area contributed by atoms with Gasteiger partial charge in [-0.25, -0.2) is 9.78 Å². The van der Waals surface area contributed by atoms with E-state index in [9.17, 15) is 4.79 Å². The van der Waals surface area contributed by atoms with Crippen LogP contribution in [0.4, 0.5) is 0 Å². The zero-order valence-corrected chi connectivity index (χ0v) is 9.73. The first-order valence-electron chi connectivity index (χ1n) is 4.87. The molecule has 86 valence electrons. The van der Waals surface area contributed by atoms with Gasteiger partial charge in [-0.2, -0.15) is 0 Å². The van der Waals surface area contributed by atoms with Crippen molar-refractivity contribution in [1.29, 1.82) is 0 Å². The molecule has 3 aromatic heterocycles. The number of furan rings is 1. The van der Waals surface area contributed by atoms with Crippen LogP contribution in [-0.4, -0.2) is 22.5 Å². The Morgan fingerprint density at radius 3 is 3.06 bits per heavy atom. The van der Waals surface area contributed by atoms with Crippen molar-refractivity contribution in [3.8, 4) is 11.3 Å². The van der Waals surface area contributed by atoms with Gasteiger partial charge in [-0.3, -0.25) is 4.40 Å². The Hall–Kier alpha value is -2.08. The van der Waals surface area contributed by atoms with Gasteiger partial charge >= 0.3 is 5.97 Å². The molecule has 3 heterocycles. The minimum Gasteiger partial charge on any atom is -0.472 e. The van der Waals surface area contributed by atoms with E-state index in [2.05, 4.69) is 9.72 Å². The first-order valence-corrected chi connectivity index (χ1v) is 5.69. The van der Waals surface area contributed by atoms with Gasteiger partial charge in [-0.1, -0.05) is 11.3 Å². The average molecular weight is 248 g/mol. The molecule has 0 spiro atoms. The van der Waals surface area contributed by atoms with E-state index in [1.54, 1.807) is 23.1 Å². The molecule has 0 N–H and O–H groups in total. The molecule has 0 fully saturated rings. The summed E-state index contributed by atoms with van der Waals surface area (Å²) in [5, 5.41) is 0. The van der Waals surface area contributed by atoms with Crippen LogP contribution in [0.15, 0.2) is 35.4 Å². The molecule has 0 aromatic carbocycles. The standard InChI is InChI=1S/C11H8N2O3S/c1-15-10(14)9-5-13-4-8(12-11(13)17-9)7-2-3-16-6-7/h2-6H,1H3. The molecule has 0 unspecified atom stereocenters. The van der Waals surface area contributed by atoms with Crippen LogP contribution in [0.25, 0.3) is 16.2 Å². The Kier molecular flexibility index (Phi) is 2.22. The minimum atomic E-state index is -0.342. The highest BCUT2D eigenvalue weighted by atomic mass is 32.1. The molecule has 0 atom stereocenters. The second kappa shape index (κ2) is 3.74. The van der Waals surface area contributed by atoms with Crippen molar-refractivity contribution in [3.05, 3.63) is 35.9 Å². The second-order valence-corrected chi connectivity index (χ2v) is 4.42. The Bertz CT molecular complexity index is 635. The number of carbonyl (C=O) groups excluding carboxylic acids is 1. The van der Waals surface area contributed by atoms with E-state index >= 15 is 0 Å². The molecule has 0 aliphatic heterocycles. The number of hydrogen-bond donors (Lipinski definition) is 0. The number of esters is 1. The van der Waals surface area contributed by atoms with Crippen molar-refractivity contribution in [2.75, 3.05) is 7.11 Å². The fourth-order valence-electron chi connectivity index (χ4n) is 1.54. The molecular formula is C11H8N2O3S. The zero-order valence-electron chi connectivity index (χ0n) is 8.91.